The first kappa shape index (κ1) is 11.7. The Labute approximate surface area is 99.0 Å². The number of hydrogen-bond acceptors (Lipinski definition) is 1. The second-order valence-corrected chi connectivity index (χ2v) is 5.33. The van der Waals surface area contributed by atoms with Crippen molar-refractivity contribution in [2.45, 2.75) is 57.9 Å². The average Bonchev–Trinajstić information content (AvgIpc) is 2.41. The third-order valence-corrected chi connectivity index (χ3v) is 3.74. The minimum absolute atomic E-state index is 0.365. The first-order valence-corrected chi connectivity index (χ1v) is 6.50. The zero-order valence-corrected chi connectivity index (χ0v) is 10.5. The van der Waals surface area contributed by atoms with E-state index in [4.69, 9.17) is 5.73 Å². The topological polar surface area (TPSA) is 26.0 Å². The van der Waals surface area contributed by atoms with Gasteiger partial charge in [-0.3, -0.25) is 0 Å². The second kappa shape index (κ2) is 5.01. The predicted octanol–water partition coefficient (Wildman–Crippen LogP) is 3.68. The molecule has 2 rings (SSSR count). The lowest BCUT2D eigenvalue weighted by atomic mass is 9.86. The molecule has 1 aromatic rings. The van der Waals surface area contributed by atoms with E-state index in [1.807, 2.05) is 0 Å². The molecule has 1 heteroatoms. The predicted molar refractivity (Wildman–Crippen MR) is 69.7 cm³/mol. The summed E-state index contributed by atoms with van der Waals surface area (Å²) in [5, 5.41) is 0. The van der Waals surface area contributed by atoms with E-state index in [2.05, 4.69) is 32.0 Å². The highest BCUT2D eigenvalue weighted by molar-refractivity contribution is 5.31. The van der Waals surface area contributed by atoms with E-state index in [-0.39, 0.29) is 0 Å². The van der Waals surface area contributed by atoms with Gasteiger partial charge in [-0.2, -0.15) is 0 Å². The Morgan fingerprint density at radius 1 is 0.938 bits per heavy atom. The lowest BCUT2D eigenvalue weighted by molar-refractivity contribution is 0.505. The molecule has 1 aliphatic carbocycles. The molecule has 1 aromatic carbocycles. The Kier molecular flexibility index (Phi) is 3.65. The summed E-state index contributed by atoms with van der Waals surface area (Å²) < 4.78 is 0. The molecule has 2 unspecified atom stereocenters. The fourth-order valence-corrected chi connectivity index (χ4v) is 2.97. The first-order valence-electron chi connectivity index (χ1n) is 6.50. The average molecular weight is 217 g/mol. The van der Waals surface area contributed by atoms with E-state index in [9.17, 15) is 0 Å². The van der Waals surface area contributed by atoms with Gasteiger partial charge in [0.05, 0.1) is 0 Å². The molecule has 0 bridgehead atoms. The van der Waals surface area contributed by atoms with Crippen LogP contribution in [-0.4, -0.2) is 6.04 Å². The molecule has 0 radical (unpaired) electrons. The lowest BCUT2D eigenvalue weighted by Gasteiger charge is -2.22. The highest BCUT2D eigenvalue weighted by atomic mass is 14.7. The van der Waals surface area contributed by atoms with Crippen LogP contribution >= 0.6 is 0 Å². The van der Waals surface area contributed by atoms with Gasteiger partial charge in [0.25, 0.3) is 0 Å². The third-order valence-electron chi connectivity index (χ3n) is 3.74. The summed E-state index contributed by atoms with van der Waals surface area (Å²) in [5.74, 6) is 0.584. The van der Waals surface area contributed by atoms with Crippen LogP contribution in [-0.2, 0) is 0 Å². The summed E-state index contributed by atoms with van der Waals surface area (Å²) in [6.07, 6.45) is 6.46. The fourth-order valence-electron chi connectivity index (χ4n) is 2.97. The van der Waals surface area contributed by atoms with Gasteiger partial charge in [0.15, 0.2) is 0 Å². The Morgan fingerprint density at radius 3 is 2.25 bits per heavy atom. The van der Waals surface area contributed by atoms with Crippen LogP contribution in [0.2, 0.25) is 0 Å². The summed E-state index contributed by atoms with van der Waals surface area (Å²) in [7, 11) is 0. The van der Waals surface area contributed by atoms with Crippen LogP contribution < -0.4 is 5.73 Å². The number of rotatable bonds is 1. The Bertz CT molecular complexity index is 336. The monoisotopic (exact) mass is 217 g/mol. The highest BCUT2D eigenvalue weighted by Crippen LogP contribution is 2.31. The Balaban J connectivity index is 2.26. The van der Waals surface area contributed by atoms with Crippen LogP contribution in [0.3, 0.4) is 0 Å². The van der Waals surface area contributed by atoms with Crippen molar-refractivity contribution in [1.82, 2.24) is 0 Å². The van der Waals surface area contributed by atoms with Crippen LogP contribution in [0.1, 0.15) is 54.7 Å². The maximum absolute atomic E-state index is 6.31. The van der Waals surface area contributed by atoms with Gasteiger partial charge in [0, 0.05) is 6.04 Å². The molecular formula is C15H23N. The molecule has 0 saturated heterocycles. The van der Waals surface area contributed by atoms with E-state index in [1.165, 1.54) is 48.8 Å². The highest BCUT2D eigenvalue weighted by Gasteiger charge is 2.22. The van der Waals surface area contributed by atoms with Crippen molar-refractivity contribution >= 4 is 0 Å². The number of aryl methyl sites for hydroxylation is 2. The van der Waals surface area contributed by atoms with Crippen LogP contribution in [0.25, 0.3) is 0 Å². The fraction of sp³-hybridized carbons (Fsp3) is 0.600. The van der Waals surface area contributed by atoms with Crippen LogP contribution in [0.15, 0.2) is 18.2 Å². The molecule has 1 nitrogen and oxygen atoms in total. The molecule has 88 valence electrons. The van der Waals surface area contributed by atoms with Crippen molar-refractivity contribution in [2.24, 2.45) is 5.73 Å². The van der Waals surface area contributed by atoms with Gasteiger partial charge < -0.3 is 5.73 Å². The van der Waals surface area contributed by atoms with Crippen molar-refractivity contribution in [2.75, 3.05) is 0 Å². The van der Waals surface area contributed by atoms with Crippen LogP contribution in [0.5, 0.6) is 0 Å². The van der Waals surface area contributed by atoms with Crippen molar-refractivity contribution in [3.8, 4) is 0 Å². The molecular weight excluding hydrogens is 194 g/mol. The standard InChI is InChI=1S/C15H23N/c1-11-8-12(2)10-13(9-11)14-6-4-3-5-7-15(14)16/h8-10,14-15H,3-7,16H2,1-2H3. The summed E-state index contributed by atoms with van der Waals surface area (Å²) in [6, 6.07) is 7.25. The molecule has 1 fully saturated rings. The van der Waals surface area contributed by atoms with E-state index in [0.717, 1.165) is 0 Å². The molecule has 0 aromatic heterocycles. The van der Waals surface area contributed by atoms with Gasteiger partial charge in [0.1, 0.15) is 0 Å². The van der Waals surface area contributed by atoms with Crippen molar-refractivity contribution in [3.63, 3.8) is 0 Å². The maximum atomic E-state index is 6.31. The van der Waals surface area contributed by atoms with Gasteiger partial charge in [-0.1, -0.05) is 48.6 Å². The van der Waals surface area contributed by atoms with E-state index in [1.54, 1.807) is 0 Å². The van der Waals surface area contributed by atoms with Gasteiger partial charge in [-0.15, -0.1) is 0 Å². The molecule has 0 spiro atoms. The largest absolute Gasteiger partial charge is 0.327 e. The van der Waals surface area contributed by atoms with Crippen molar-refractivity contribution < 1.29 is 0 Å². The number of benzene rings is 1. The van der Waals surface area contributed by atoms with Crippen molar-refractivity contribution in [1.29, 1.82) is 0 Å². The van der Waals surface area contributed by atoms with Crippen LogP contribution in [0, 0.1) is 13.8 Å². The Hall–Kier alpha value is -0.820. The van der Waals surface area contributed by atoms with E-state index >= 15 is 0 Å². The summed E-state index contributed by atoms with van der Waals surface area (Å²) >= 11 is 0. The quantitative estimate of drug-likeness (QED) is 0.713. The van der Waals surface area contributed by atoms with Gasteiger partial charge in [-0.05, 0) is 38.2 Å². The maximum Gasteiger partial charge on any atom is 0.0108 e. The summed E-state index contributed by atoms with van der Waals surface area (Å²) in [4.78, 5) is 0. The summed E-state index contributed by atoms with van der Waals surface area (Å²) in [6.45, 7) is 4.36. The minimum atomic E-state index is 0.365. The molecule has 1 aliphatic rings. The molecule has 2 atom stereocenters. The van der Waals surface area contributed by atoms with Crippen LogP contribution in [0.4, 0.5) is 0 Å². The van der Waals surface area contributed by atoms with E-state index in [0.29, 0.717) is 12.0 Å². The zero-order chi connectivity index (χ0) is 11.5. The van der Waals surface area contributed by atoms with Gasteiger partial charge in [-0.25, -0.2) is 0 Å². The normalized spacial score (nSPS) is 26.4. The molecule has 2 N–H and O–H groups in total. The third kappa shape index (κ3) is 2.65. The Morgan fingerprint density at radius 2 is 1.56 bits per heavy atom. The lowest BCUT2D eigenvalue weighted by Crippen LogP contribution is -2.27. The first-order chi connectivity index (χ1) is 7.66. The number of nitrogens with two attached hydrogens (primary N) is 1. The molecule has 0 amide bonds. The smallest absolute Gasteiger partial charge is 0.0108 e. The van der Waals surface area contributed by atoms with Crippen molar-refractivity contribution in [3.05, 3.63) is 34.9 Å². The summed E-state index contributed by atoms with van der Waals surface area (Å²) in [5.41, 5.74) is 10.5. The minimum Gasteiger partial charge on any atom is -0.327 e. The molecule has 0 aliphatic heterocycles. The zero-order valence-electron chi connectivity index (χ0n) is 10.5. The molecule has 0 heterocycles. The molecule has 16 heavy (non-hydrogen) atoms. The second-order valence-electron chi connectivity index (χ2n) is 5.33. The SMILES string of the molecule is Cc1cc(C)cc(C2CCCCCC2N)c1. The molecule has 1 saturated carbocycles. The van der Waals surface area contributed by atoms with E-state index < -0.39 is 0 Å². The van der Waals surface area contributed by atoms with Gasteiger partial charge in [0.2, 0.25) is 0 Å². The number of hydrogen-bond donors (Lipinski definition) is 1. The van der Waals surface area contributed by atoms with Gasteiger partial charge >= 0.3 is 0 Å².